The first kappa shape index (κ1) is 8.69. The molecule has 2 N–H and O–H groups in total. The quantitative estimate of drug-likeness (QED) is 0.665. The zero-order valence-corrected chi connectivity index (χ0v) is 7.72. The van der Waals surface area contributed by atoms with E-state index in [1.165, 1.54) is 5.56 Å². The zero-order valence-electron chi connectivity index (χ0n) is 7.72. The summed E-state index contributed by atoms with van der Waals surface area (Å²) in [6.07, 6.45) is 1.01. The molecule has 13 heavy (non-hydrogen) atoms. The third-order valence-corrected chi connectivity index (χ3v) is 2.40. The van der Waals surface area contributed by atoms with Gasteiger partial charge in [-0.15, -0.1) is 6.04 Å². The normalized spacial score (nSPS) is 29.4. The lowest BCUT2D eigenvalue weighted by Crippen LogP contribution is -2.25. The SMILES string of the molecule is C[C@H]1C[C@@H](c2ccccc2)N(N)[N-]1. The minimum Gasteiger partial charge on any atom is -0.577 e. The van der Waals surface area contributed by atoms with Crippen molar-refractivity contribution >= 4 is 0 Å². The minimum absolute atomic E-state index is 0.260. The Labute approximate surface area is 78.5 Å². The average molecular weight is 176 g/mol. The maximum atomic E-state index is 5.77. The third-order valence-electron chi connectivity index (χ3n) is 2.40. The van der Waals surface area contributed by atoms with Crippen LogP contribution in [0.5, 0.6) is 0 Å². The molecule has 0 saturated carbocycles. The second-order valence-electron chi connectivity index (χ2n) is 3.51. The summed E-state index contributed by atoms with van der Waals surface area (Å²) < 4.78 is 0. The number of rotatable bonds is 1. The van der Waals surface area contributed by atoms with Crippen molar-refractivity contribution in [3.8, 4) is 0 Å². The van der Waals surface area contributed by atoms with E-state index in [1.54, 1.807) is 5.12 Å². The Morgan fingerprint density at radius 1 is 1.38 bits per heavy atom. The van der Waals surface area contributed by atoms with Crippen LogP contribution in [0.4, 0.5) is 0 Å². The molecule has 3 heteroatoms. The van der Waals surface area contributed by atoms with E-state index < -0.39 is 0 Å². The molecule has 1 heterocycles. The summed E-state index contributed by atoms with van der Waals surface area (Å²) in [5.41, 5.74) is 5.51. The fourth-order valence-electron chi connectivity index (χ4n) is 1.75. The highest BCUT2D eigenvalue weighted by molar-refractivity contribution is 5.22. The van der Waals surface area contributed by atoms with Crippen LogP contribution in [0.2, 0.25) is 0 Å². The minimum atomic E-state index is 0.260. The fraction of sp³-hybridized carbons (Fsp3) is 0.400. The topological polar surface area (TPSA) is 43.4 Å². The van der Waals surface area contributed by atoms with Crippen molar-refractivity contribution in [2.24, 2.45) is 5.84 Å². The molecule has 1 fully saturated rings. The van der Waals surface area contributed by atoms with Crippen LogP contribution >= 0.6 is 0 Å². The Balaban J connectivity index is 2.18. The van der Waals surface area contributed by atoms with Gasteiger partial charge in [0.25, 0.3) is 0 Å². The largest absolute Gasteiger partial charge is 0.577 e. The maximum Gasteiger partial charge on any atom is 0.0286 e. The number of nitrogens with two attached hydrogens (primary N) is 1. The standard InChI is InChI=1S/C10H14N3/c1-8-7-10(13(11)12-8)9-5-3-2-4-6-9/h2-6,8,10H,7,11H2,1H3/q-1/t8-,10-/m0/s1. The van der Waals surface area contributed by atoms with Crippen molar-refractivity contribution < 1.29 is 0 Å². The van der Waals surface area contributed by atoms with Crippen molar-refractivity contribution in [1.82, 2.24) is 5.12 Å². The Hall–Kier alpha value is -0.900. The fourth-order valence-corrected chi connectivity index (χ4v) is 1.75. The highest BCUT2D eigenvalue weighted by Crippen LogP contribution is 2.34. The first-order valence-electron chi connectivity index (χ1n) is 4.57. The summed E-state index contributed by atoms with van der Waals surface area (Å²) in [6.45, 7) is 2.09. The van der Waals surface area contributed by atoms with Gasteiger partial charge in [-0.05, 0) is 12.0 Å². The van der Waals surface area contributed by atoms with Crippen LogP contribution < -0.4 is 5.84 Å². The summed E-state index contributed by atoms with van der Waals surface area (Å²) >= 11 is 0. The van der Waals surface area contributed by atoms with E-state index >= 15 is 0 Å². The first-order valence-corrected chi connectivity index (χ1v) is 4.57. The van der Waals surface area contributed by atoms with Gasteiger partial charge in [-0.1, -0.05) is 37.3 Å². The van der Waals surface area contributed by atoms with Gasteiger partial charge in [-0.25, -0.2) is 0 Å². The molecule has 1 aliphatic heterocycles. The Bertz CT molecular complexity index is 273. The molecule has 0 spiro atoms. The molecule has 0 aromatic heterocycles. The molecule has 1 aliphatic rings. The molecule has 0 amide bonds. The van der Waals surface area contributed by atoms with E-state index in [4.69, 9.17) is 5.84 Å². The van der Waals surface area contributed by atoms with Gasteiger partial charge >= 0.3 is 0 Å². The Kier molecular flexibility index (Phi) is 2.31. The van der Waals surface area contributed by atoms with E-state index in [0.29, 0.717) is 6.04 Å². The average Bonchev–Trinajstić information content (AvgIpc) is 2.47. The molecule has 0 bridgehead atoms. The van der Waals surface area contributed by atoms with Crippen LogP contribution in [0, 0.1) is 0 Å². The Morgan fingerprint density at radius 2 is 2.08 bits per heavy atom. The van der Waals surface area contributed by atoms with Crippen LogP contribution in [0.25, 0.3) is 5.43 Å². The van der Waals surface area contributed by atoms with Gasteiger partial charge in [0, 0.05) is 6.04 Å². The highest BCUT2D eigenvalue weighted by Gasteiger charge is 2.18. The molecule has 2 atom stereocenters. The molecular weight excluding hydrogens is 162 g/mol. The van der Waals surface area contributed by atoms with E-state index in [1.807, 2.05) is 18.2 Å². The predicted molar refractivity (Wildman–Crippen MR) is 52.6 cm³/mol. The van der Waals surface area contributed by atoms with Crippen molar-refractivity contribution in [3.05, 3.63) is 41.3 Å². The smallest absolute Gasteiger partial charge is 0.0286 e. The van der Waals surface area contributed by atoms with Gasteiger partial charge < -0.3 is 10.5 Å². The second-order valence-corrected chi connectivity index (χ2v) is 3.51. The van der Waals surface area contributed by atoms with E-state index in [-0.39, 0.29) is 6.04 Å². The van der Waals surface area contributed by atoms with E-state index in [9.17, 15) is 0 Å². The van der Waals surface area contributed by atoms with Gasteiger partial charge in [0.1, 0.15) is 0 Å². The molecule has 1 aromatic carbocycles. The van der Waals surface area contributed by atoms with Crippen LogP contribution in [-0.4, -0.2) is 11.2 Å². The van der Waals surface area contributed by atoms with E-state index in [0.717, 1.165) is 6.42 Å². The summed E-state index contributed by atoms with van der Waals surface area (Å²) in [6, 6.07) is 10.9. The van der Waals surface area contributed by atoms with Gasteiger partial charge in [0.2, 0.25) is 0 Å². The number of benzene rings is 1. The van der Waals surface area contributed by atoms with Gasteiger partial charge in [0.05, 0.1) is 0 Å². The van der Waals surface area contributed by atoms with Crippen LogP contribution in [-0.2, 0) is 0 Å². The maximum absolute atomic E-state index is 5.77. The number of hydrazine groups is 1. The molecule has 0 radical (unpaired) electrons. The summed E-state index contributed by atoms with van der Waals surface area (Å²) in [5, 5.41) is 1.58. The molecule has 70 valence electrons. The summed E-state index contributed by atoms with van der Waals surface area (Å²) in [7, 11) is 0. The predicted octanol–water partition coefficient (Wildman–Crippen LogP) is 1.98. The molecule has 0 unspecified atom stereocenters. The lowest BCUT2D eigenvalue weighted by atomic mass is 10.0. The highest BCUT2D eigenvalue weighted by atomic mass is 15.7. The summed E-state index contributed by atoms with van der Waals surface area (Å²) in [4.78, 5) is 0. The first-order chi connectivity index (χ1) is 6.27. The van der Waals surface area contributed by atoms with Gasteiger partial charge in [-0.2, -0.15) is 0 Å². The number of nitrogens with zero attached hydrogens (tertiary/aromatic N) is 2. The van der Waals surface area contributed by atoms with E-state index in [2.05, 4.69) is 24.5 Å². The molecule has 1 saturated heterocycles. The number of hydrogen-bond donors (Lipinski definition) is 1. The van der Waals surface area contributed by atoms with Gasteiger partial charge in [-0.3, -0.25) is 5.84 Å². The molecule has 1 aromatic rings. The molecule has 2 rings (SSSR count). The second kappa shape index (κ2) is 3.46. The lowest BCUT2D eigenvalue weighted by Gasteiger charge is -2.30. The molecular formula is C10H14N3-. The van der Waals surface area contributed by atoms with Crippen molar-refractivity contribution in [2.75, 3.05) is 0 Å². The van der Waals surface area contributed by atoms with Crippen LogP contribution in [0.1, 0.15) is 24.9 Å². The van der Waals surface area contributed by atoms with Crippen molar-refractivity contribution in [3.63, 3.8) is 0 Å². The van der Waals surface area contributed by atoms with Gasteiger partial charge in [0.15, 0.2) is 0 Å². The Morgan fingerprint density at radius 3 is 2.62 bits per heavy atom. The monoisotopic (exact) mass is 176 g/mol. The molecule has 0 aliphatic carbocycles. The van der Waals surface area contributed by atoms with Crippen molar-refractivity contribution in [2.45, 2.75) is 25.4 Å². The van der Waals surface area contributed by atoms with Crippen LogP contribution in [0.3, 0.4) is 0 Å². The van der Waals surface area contributed by atoms with Crippen molar-refractivity contribution in [1.29, 1.82) is 0 Å². The molecule has 3 nitrogen and oxygen atoms in total. The lowest BCUT2D eigenvalue weighted by molar-refractivity contribution is 0.310. The zero-order chi connectivity index (χ0) is 9.26. The third kappa shape index (κ3) is 1.72. The van der Waals surface area contributed by atoms with Crippen LogP contribution in [0.15, 0.2) is 30.3 Å². The number of hydrogen-bond acceptors (Lipinski definition) is 2. The summed E-state index contributed by atoms with van der Waals surface area (Å²) in [5.74, 6) is 5.77.